The first-order valence-corrected chi connectivity index (χ1v) is 6.40. The minimum absolute atomic E-state index is 0.485. The quantitative estimate of drug-likeness (QED) is 0.879. The minimum Gasteiger partial charge on any atom is -0.277 e. The van der Waals surface area contributed by atoms with Crippen molar-refractivity contribution in [1.82, 2.24) is 15.2 Å². The molecule has 0 unspecified atom stereocenters. The Morgan fingerprint density at radius 3 is 2.44 bits per heavy atom. The van der Waals surface area contributed by atoms with E-state index in [4.69, 9.17) is 0 Å². The molecule has 3 nitrogen and oxygen atoms in total. The third-order valence-corrected chi connectivity index (χ3v) is 3.87. The first-order chi connectivity index (χ1) is 7.59. The number of nitrogens with one attached hydrogen (secondary N) is 1. The Kier molecular flexibility index (Phi) is 3.10. The molecule has 86 valence electrons. The second kappa shape index (κ2) is 4.37. The van der Waals surface area contributed by atoms with Crippen LogP contribution in [0.4, 0.5) is 0 Å². The van der Waals surface area contributed by atoms with Gasteiger partial charge < -0.3 is 0 Å². The van der Waals surface area contributed by atoms with E-state index in [9.17, 15) is 0 Å². The maximum atomic E-state index is 4.44. The van der Waals surface area contributed by atoms with Gasteiger partial charge in [-0.25, -0.2) is 4.98 Å². The molecule has 4 heteroatoms. The summed E-state index contributed by atoms with van der Waals surface area (Å²) in [4.78, 5) is 5.63. The summed E-state index contributed by atoms with van der Waals surface area (Å²) >= 11 is 1.75. The maximum Gasteiger partial charge on any atom is 0.0957 e. The highest BCUT2D eigenvalue weighted by Crippen LogP contribution is 2.32. The minimum atomic E-state index is 0.485. The summed E-state index contributed by atoms with van der Waals surface area (Å²) in [6.45, 7) is 8.69. The Morgan fingerprint density at radius 1 is 1.12 bits per heavy atom. The van der Waals surface area contributed by atoms with Crippen LogP contribution >= 0.6 is 11.3 Å². The summed E-state index contributed by atoms with van der Waals surface area (Å²) in [5.41, 5.74) is 2.39. The van der Waals surface area contributed by atoms with Crippen LogP contribution in [-0.2, 0) is 0 Å². The van der Waals surface area contributed by atoms with Gasteiger partial charge in [0.1, 0.15) is 0 Å². The molecule has 0 amide bonds. The lowest BCUT2D eigenvalue weighted by Crippen LogP contribution is -1.86. The van der Waals surface area contributed by atoms with E-state index in [-0.39, 0.29) is 0 Å². The van der Waals surface area contributed by atoms with Crippen LogP contribution in [0.15, 0.2) is 12.4 Å². The van der Waals surface area contributed by atoms with Gasteiger partial charge >= 0.3 is 0 Å². The standard InChI is InChI=1S/C12H17N3S/c1-7(2)9-5-14-15-11(9)10-6-13-12(16-10)8(3)4/h5-8H,1-4H3,(H,14,15). The van der Waals surface area contributed by atoms with Crippen molar-refractivity contribution in [3.63, 3.8) is 0 Å². The summed E-state index contributed by atoms with van der Waals surface area (Å²) in [5, 5.41) is 8.38. The van der Waals surface area contributed by atoms with E-state index in [1.54, 1.807) is 11.3 Å². The number of nitrogens with zero attached hydrogens (tertiary/aromatic N) is 2. The molecule has 0 radical (unpaired) electrons. The van der Waals surface area contributed by atoms with Gasteiger partial charge in [0.25, 0.3) is 0 Å². The lowest BCUT2D eigenvalue weighted by Gasteiger charge is -2.03. The van der Waals surface area contributed by atoms with E-state index in [0.29, 0.717) is 11.8 Å². The largest absolute Gasteiger partial charge is 0.277 e. The van der Waals surface area contributed by atoms with Crippen LogP contribution < -0.4 is 0 Å². The summed E-state index contributed by atoms with van der Waals surface area (Å²) in [6.07, 6.45) is 3.86. The molecule has 0 aliphatic heterocycles. The van der Waals surface area contributed by atoms with E-state index in [0.717, 1.165) is 5.69 Å². The lowest BCUT2D eigenvalue weighted by molar-refractivity contribution is 0.852. The van der Waals surface area contributed by atoms with Gasteiger partial charge in [0, 0.05) is 17.7 Å². The molecule has 0 spiro atoms. The number of aromatic nitrogens is 3. The smallest absolute Gasteiger partial charge is 0.0957 e. The average Bonchev–Trinajstić information content (AvgIpc) is 2.86. The normalized spacial score (nSPS) is 11.6. The van der Waals surface area contributed by atoms with Gasteiger partial charge in [0.2, 0.25) is 0 Å². The highest BCUT2D eigenvalue weighted by atomic mass is 32.1. The second-order valence-corrected chi connectivity index (χ2v) is 5.63. The molecular formula is C12H17N3S. The van der Waals surface area contributed by atoms with Gasteiger partial charge in [-0.15, -0.1) is 11.3 Å². The van der Waals surface area contributed by atoms with Crippen LogP contribution in [0.25, 0.3) is 10.6 Å². The van der Waals surface area contributed by atoms with Crippen molar-refractivity contribution < 1.29 is 0 Å². The molecule has 0 aliphatic carbocycles. The number of aromatic amines is 1. The average molecular weight is 235 g/mol. The monoisotopic (exact) mass is 235 g/mol. The van der Waals surface area contributed by atoms with E-state index in [1.165, 1.54) is 15.4 Å². The molecule has 2 rings (SSSR count). The Bertz CT molecular complexity index is 468. The van der Waals surface area contributed by atoms with E-state index < -0.39 is 0 Å². The van der Waals surface area contributed by atoms with Gasteiger partial charge in [-0.05, 0) is 5.92 Å². The fourth-order valence-corrected chi connectivity index (χ4v) is 2.54. The van der Waals surface area contributed by atoms with Crippen LogP contribution in [0, 0.1) is 0 Å². The molecule has 0 saturated heterocycles. The number of hydrogen-bond donors (Lipinski definition) is 1. The fraction of sp³-hybridized carbons (Fsp3) is 0.500. The van der Waals surface area contributed by atoms with Crippen molar-refractivity contribution in [1.29, 1.82) is 0 Å². The highest BCUT2D eigenvalue weighted by Gasteiger charge is 2.14. The van der Waals surface area contributed by atoms with Crippen molar-refractivity contribution >= 4 is 11.3 Å². The second-order valence-electron chi connectivity index (χ2n) is 4.57. The van der Waals surface area contributed by atoms with E-state index >= 15 is 0 Å². The molecule has 0 aromatic carbocycles. The maximum absolute atomic E-state index is 4.44. The molecule has 2 aromatic rings. The molecule has 2 heterocycles. The molecule has 2 aromatic heterocycles. The van der Waals surface area contributed by atoms with Crippen molar-refractivity contribution in [3.8, 4) is 10.6 Å². The van der Waals surface area contributed by atoms with Crippen LogP contribution in [0.5, 0.6) is 0 Å². The fourth-order valence-electron chi connectivity index (χ4n) is 1.60. The molecule has 0 saturated carbocycles. The van der Waals surface area contributed by atoms with Crippen molar-refractivity contribution in [3.05, 3.63) is 23.0 Å². The molecule has 0 fully saturated rings. The predicted octanol–water partition coefficient (Wildman–Crippen LogP) is 3.78. The van der Waals surface area contributed by atoms with Crippen molar-refractivity contribution in [2.45, 2.75) is 39.5 Å². The Labute approximate surface area is 99.9 Å². The molecule has 0 bridgehead atoms. The van der Waals surface area contributed by atoms with Crippen molar-refractivity contribution in [2.24, 2.45) is 0 Å². The third-order valence-electron chi connectivity index (χ3n) is 2.55. The first-order valence-electron chi connectivity index (χ1n) is 5.59. The summed E-state index contributed by atoms with van der Waals surface area (Å²) in [6, 6.07) is 0. The topological polar surface area (TPSA) is 41.6 Å². The van der Waals surface area contributed by atoms with Crippen LogP contribution in [-0.4, -0.2) is 15.2 Å². The number of thiazole rings is 1. The SMILES string of the molecule is CC(C)c1ncc(-c2[nH]ncc2C(C)C)s1. The van der Waals surface area contributed by atoms with Gasteiger partial charge in [0.15, 0.2) is 0 Å². The molecule has 1 N–H and O–H groups in total. The van der Waals surface area contributed by atoms with E-state index in [2.05, 4.69) is 42.9 Å². The first kappa shape index (κ1) is 11.3. The Hall–Kier alpha value is -1.16. The predicted molar refractivity (Wildman–Crippen MR) is 67.9 cm³/mol. The van der Waals surface area contributed by atoms with Crippen LogP contribution in [0.2, 0.25) is 0 Å². The van der Waals surface area contributed by atoms with Crippen molar-refractivity contribution in [2.75, 3.05) is 0 Å². The number of H-pyrrole nitrogens is 1. The van der Waals surface area contributed by atoms with Gasteiger partial charge in [0.05, 0.1) is 21.8 Å². The zero-order valence-corrected chi connectivity index (χ0v) is 10.9. The molecule has 16 heavy (non-hydrogen) atoms. The number of rotatable bonds is 3. The van der Waals surface area contributed by atoms with Gasteiger partial charge in [-0.1, -0.05) is 27.7 Å². The highest BCUT2D eigenvalue weighted by molar-refractivity contribution is 7.15. The molecule has 0 atom stereocenters. The zero-order valence-electron chi connectivity index (χ0n) is 10.1. The summed E-state index contributed by atoms with van der Waals surface area (Å²) < 4.78 is 0. The third kappa shape index (κ3) is 2.02. The van der Waals surface area contributed by atoms with Crippen LogP contribution in [0.3, 0.4) is 0 Å². The molecular weight excluding hydrogens is 218 g/mol. The Morgan fingerprint density at radius 2 is 1.88 bits per heavy atom. The van der Waals surface area contributed by atoms with Gasteiger partial charge in [-0.3, -0.25) is 5.10 Å². The van der Waals surface area contributed by atoms with Crippen LogP contribution in [0.1, 0.15) is 50.1 Å². The zero-order chi connectivity index (χ0) is 11.7. The molecule has 0 aliphatic rings. The van der Waals surface area contributed by atoms with Gasteiger partial charge in [-0.2, -0.15) is 5.10 Å². The summed E-state index contributed by atoms with van der Waals surface area (Å²) in [7, 11) is 0. The lowest BCUT2D eigenvalue weighted by atomic mass is 10.0. The Balaban J connectivity index is 2.39. The number of hydrogen-bond acceptors (Lipinski definition) is 3. The summed E-state index contributed by atoms with van der Waals surface area (Å²) in [5.74, 6) is 0.975. The van der Waals surface area contributed by atoms with E-state index in [1.807, 2.05) is 12.4 Å².